The smallest absolute Gasteiger partial charge is 0.311 e. The summed E-state index contributed by atoms with van der Waals surface area (Å²) >= 11 is 0. The fraction of sp³-hybridized carbons (Fsp3) is 0.960. The second-order valence-electron chi connectivity index (χ2n) is 18.8. The van der Waals surface area contributed by atoms with Gasteiger partial charge in [0.05, 0.1) is 12.0 Å². The summed E-state index contributed by atoms with van der Waals surface area (Å²) in [6.45, 7) is 15.2. The van der Waals surface area contributed by atoms with Gasteiger partial charge in [-0.2, -0.15) is 0 Å². The number of aliphatic hydroxyl groups is 1. The van der Waals surface area contributed by atoms with E-state index in [1.165, 1.54) is 161 Å². The SMILES string of the molecule is CCCCCCCCCC(=O)OCC1(CCCCCN(CCCCO)CCCCCCC(C)(C)C(=O)OC(CCCCCCCC)CCCCCCCC)CC1. The van der Waals surface area contributed by atoms with Gasteiger partial charge in [0, 0.05) is 18.4 Å². The number of carbonyl (C=O) groups is 2. The quantitative estimate of drug-likeness (QED) is 0.0490. The minimum Gasteiger partial charge on any atom is -0.465 e. The average molecular weight is 792 g/mol. The van der Waals surface area contributed by atoms with Crippen molar-refractivity contribution in [3.05, 3.63) is 0 Å². The van der Waals surface area contributed by atoms with Gasteiger partial charge in [0.2, 0.25) is 0 Å². The fourth-order valence-electron chi connectivity index (χ4n) is 8.21. The van der Waals surface area contributed by atoms with Crippen molar-refractivity contribution in [2.75, 3.05) is 32.8 Å². The van der Waals surface area contributed by atoms with Gasteiger partial charge < -0.3 is 19.5 Å². The topological polar surface area (TPSA) is 76.1 Å². The molecule has 1 aliphatic rings. The van der Waals surface area contributed by atoms with Crippen molar-refractivity contribution >= 4 is 11.9 Å². The van der Waals surface area contributed by atoms with Crippen LogP contribution in [0.25, 0.3) is 0 Å². The molecule has 1 rings (SSSR count). The van der Waals surface area contributed by atoms with Crippen molar-refractivity contribution in [2.45, 2.75) is 265 Å². The molecule has 1 fully saturated rings. The third kappa shape index (κ3) is 30.0. The number of aliphatic hydroxyl groups excluding tert-OH is 1. The maximum Gasteiger partial charge on any atom is 0.311 e. The number of nitrogens with zero attached hydrogens (tertiary/aromatic N) is 1. The van der Waals surface area contributed by atoms with Gasteiger partial charge in [-0.25, -0.2) is 0 Å². The zero-order valence-electron chi connectivity index (χ0n) is 38.4. The van der Waals surface area contributed by atoms with Crippen LogP contribution in [-0.4, -0.2) is 60.9 Å². The molecule has 56 heavy (non-hydrogen) atoms. The first kappa shape index (κ1) is 52.9. The van der Waals surface area contributed by atoms with Gasteiger partial charge >= 0.3 is 11.9 Å². The van der Waals surface area contributed by atoms with E-state index in [2.05, 4.69) is 39.5 Å². The minimum absolute atomic E-state index is 0.0101. The molecule has 0 aromatic rings. The molecule has 1 N–H and O–H groups in total. The summed E-state index contributed by atoms with van der Waals surface area (Å²) in [5.74, 6) is 0.0258. The standard InChI is InChI=1S/C50H97NO5/c1-6-9-12-15-18-21-27-36-47(53)55-45-50(39-40-50)38-29-24-31-42-51(43-32-33-44-52)41-30-23-22-28-37-49(4,5)48(54)56-46(34-25-19-16-13-10-7-2)35-26-20-17-14-11-8-3/h46,52H,6-45H2,1-5H3. The van der Waals surface area contributed by atoms with Crippen LogP contribution >= 0.6 is 0 Å². The minimum atomic E-state index is -0.426. The van der Waals surface area contributed by atoms with Crippen molar-refractivity contribution < 1.29 is 24.2 Å². The third-order valence-electron chi connectivity index (χ3n) is 12.7. The number of hydrogen-bond donors (Lipinski definition) is 1. The summed E-state index contributed by atoms with van der Waals surface area (Å²) in [5, 5.41) is 9.37. The van der Waals surface area contributed by atoms with Crippen LogP contribution in [-0.2, 0) is 19.1 Å². The van der Waals surface area contributed by atoms with Crippen LogP contribution in [0.1, 0.15) is 259 Å². The first-order valence-corrected chi connectivity index (χ1v) is 24.9. The summed E-state index contributed by atoms with van der Waals surface area (Å²) in [4.78, 5) is 28.4. The fourth-order valence-corrected chi connectivity index (χ4v) is 8.21. The summed E-state index contributed by atoms with van der Waals surface area (Å²) in [6.07, 6.45) is 41.4. The Labute approximate surface area is 349 Å². The summed E-state index contributed by atoms with van der Waals surface area (Å²) in [5.41, 5.74) is -0.157. The summed E-state index contributed by atoms with van der Waals surface area (Å²) in [7, 11) is 0. The van der Waals surface area contributed by atoms with Crippen molar-refractivity contribution in [3.63, 3.8) is 0 Å². The molecule has 0 spiro atoms. The predicted molar refractivity (Wildman–Crippen MR) is 239 cm³/mol. The Morgan fingerprint density at radius 1 is 0.589 bits per heavy atom. The predicted octanol–water partition coefficient (Wildman–Crippen LogP) is 14.5. The van der Waals surface area contributed by atoms with Crippen molar-refractivity contribution in [1.82, 2.24) is 4.90 Å². The Bertz CT molecular complexity index is 886. The molecule has 0 amide bonds. The number of ether oxygens (including phenoxy) is 2. The molecule has 1 aliphatic carbocycles. The maximum atomic E-state index is 13.4. The van der Waals surface area contributed by atoms with E-state index in [1.54, 1.807) is 0 Å². The first-order valence-electron chi connectivity index (χ1n) is 24.9. The molecule has 0 atom stereocenters. The molecule has 6 heteroatoms. The highest BCUT2D eigenvalue weighted by atomic mass is 16.5. The van der Waals surface area contributed by atoms with Crippen LogP contribution < -0.4 is 0 Å². The molecule has 0 aliphatic heterocycles. The normalized spacial score (nSPS) is 13.9. The van der Waals surface area contributed by atoms with Crippen LogP contribution in [0.4, 0.5) is 0 Å². The van der Waals surface area contributed by atoms with Gasteiger partial charge in [0.15, 0.2) is 0 Å². The highest BCUT2D eigenvalue weighted by Gasteiger charge is 2.43. The number of esters is 2. The molecular formula is C50H97NO5. The first-order chi connectivity index (χ1) is 27.2. The largest absolute Gasteiger partial charge is 0.465 e. The van der Waals surface area contributed by atoms with Gasteiger partial charge in [-0.05, 0) is 117 Å². The lowest BCUT2D eigenvalue weighted by Crippen LogP contribution is -2.31. The molecule has 0 saturated heterocycles. The van der Waals surface area contributed by atoms with Gasteiger partial charge in [-0.1, -0.05) is 156 Å². The highest BCUT2D eigenvalue weighted by Crippen LogP contribution is 2.50. The van der Waals surface area contributed by atoms with Crippen molar-refractivity contribution in [1.29, 1.82) is 0 Å². The molecule has 0 heterocycles. The van der Waals surface area contributed by atoms with Crippen LogP contribution in [0.2, 0.25) is 0 Å². The van der Waals surface area contributed by atoms with E-state index in [-0.39, 0.29) is 30.1 Å². The van der Waals surface area contributed by atoms with E-state index in [4.69, 9.17) is 9.47 Å². The Balaban J connectivity index is 2.33. The zero-order valence-corrected chi connectivity index (χ0v) is 38.4. The molecule has 0 unspecified atom stereocenters. The van der Waals surface area contributed by atoms with E-state index >= 15 is 0 Å². The zero-order chi connectivity index (χ0) is 41.0. The Kier molecular flexibility index (Phi) is 33.8. The molecule has 0 aromatic heterocycles. The van der Waals surface area contributed by atoms with Crippen molar-refractivity contribution in [2.24, 2.45) is 10.8 Å². The second kappa shape index (κ2) is 35.8. The van der Waals surface area contributed by atoms with E-state index in [1.807, 2.05) is 0 Å². The van der Waals surface area contributed by atoms with Crippen LogP contribution in [0.15, 0.2) is 0 Å². The molecular weight excluding hydrogens is 695 g/mol. The van der Waals surface area contributed by atoms with Crippen molar-refractivity contribution in [3.8, 4) is 0 Å². The number of unbranched alkanes of at least 4 members (excludes halogenated alkanes) is 22. The number of hydrogen-bond acceptors (Lipinski definition) is 6. The Hall–Kier alpha value is -1.14. The van der Waals surface area contributed by atoms with Crippen LogP contribution in [0.3, 0.4) is 0 Å². The van der Waals surface area contributed by atoms with E-state index in [9.17, 15) is 14.7 Å². The van der Waals surface area contributed by atoms with Gasteiger partial charge in [-0.3, -0.25) is 9.59 Å². The maximum absolute atomic E-state index is 13.4. The summed E-state index contributed by atoms with van der Waals surface area (Å²) in [6, 6.07) is 0. The molecule has 0 bridgehead atoms. The second-order valence-corrected chi connectivity index (χ2v) is 18.8. The molecule has 1 saturated carbocycles. The lowest BCUT2D eigenvalue weighted by atomic mass is 9.86. The van der Waals surface area contributed by atoms with Gasteiger partial charge in [0.25, 0.3) is 0 Å². The lowest BCUT2D eigenvalue weighted by molar-refractivity contribution is -0.161. The number of carbonyl (C=O) groups excluding carboxylic acids is 2. The molecule has 332 valence electrons. The van der Waals surface area contributed by atoms with E-state index < -0.39 is 5.41 Å². The molecule has 0 aromatic carbocycles. The Morgan fingerprint density at radius 3 is 1.55 bits per heavy atom. The highest BCUT2D eigenvalue weighted by molar-refractivity contribution is 5.76. The summed E-state index contributed by atoms with van der Waals surface area (Å²) < 4.78 is 12.0. The third-order valence-corrected chi connectivity index (χ3v) is 12.7. The van der Waals surface area contributed by atoms with Gasteiger partial charge in [-0.15, -0.1) is 0 Å². The van der Waals surface area contributed by atoms with Crippen LogP contribution in [0, 0.1) is 10.8 Å². The number of rotatable bonds is 43. The molecule has 6 nitrogen and oxygen atoms in total. The van der Waals surface area contributed by atoms with Gasteiger partial charge in [0.1, 0.15) is 6.10 Å². The van der Waals surface area contributed by atoms with Crippen LogP contribution in [0.5, 0.6) is 0 Å². The van der Waals surface area contributed by atoms with E-state index in [0.29, 0.717) is 13.0 Å². The molecule has 0 radical (unpaired) electrons. The lowest BCUT2D eigenvalue weighted by Gasteiger charge is -2.27. The average Bonchev–Trinajstić information content (AvgIpc) is 3.96. The monoisotopic (exact) mass is 792 g/mol. The van der Waals surface area contributed by atoms with E-state index in [0.717, 1.165) is 77.4 Å². The Morgan fingerprint density at radius 2 is 1.04 bits per heavy atom.